The highest BCUT2D eigenvalue weighted by Crippen LogP contribution is 2.23. The molecule has 1 N–H and O–H groups in total. The van der Waals surface area contributed by atoms with Gasteiger partial charge in [-0.1, -0.05) is 42.7 Å². The molecule has 0 heterocycles. The van der Waals surface area contributed by atoms with Gasteiger partial charge in [0.1, 0.15) is 18.3 Å². The van der Waals surface area contributed by atoms with Crippen LogP contribution in [0.5, 0.6) is 5.75 Å². The average Bonchev–Trinajstić information content (AvgIpc) is 3.33. The summed E-state index contributed by atoms with van der Waals surface area (Å²) in [6, 6.07) is 13.5. The SMILES string of the molecule is COc1ccc(N(CC(=O)N(Cc2cccc(C)c2)[C@@H](C)C(=O)NC2CCCC2)S(C)(=O)=O)cc1. The van der Waals surface area contributed by atoms with Crippen molar-refractivity contribution in [2.75, 3.05) is 24.2 Å². The number of ether oxygens (including phenoxy) is 1. The highest BCUT2D eigenvalue weighted by molar-refractivity contribution is 7.92. The fourth-order valence-corrected chi connectivity index (χ4v) is 5.19. The molecule has 1 aliphatic rings. The summed E-state index contributed by atoms with van der Waals surface area (Å²) in [5.74, 6) is -0.109. The molecule has 0 aromatic heterocycles. The Morgan fingerprint density at radius 1 is 1.11 bits per heavy atom. The Hall–Kier alpha value is -3.07. The number of benzene rings is 2. The van der Waals surface area contributed by atoms with Crippen LogP contribution in [0, 0.1) is 6.92 Å². The van der Waals surface area contributed by atoms with E-state index >= 15 is 0 Å². The second kappa shape index (κ2) is 11.6. The van der Waals surface area contributed by atoms with Crippen LogP contribution in [0.1, 0.15) is 43.7 Å². The van der Waals surface area contributed by atoms with E-state index < -0.39 is 28.5 Å². The van der Waals surface area contributed by atoms with E-state index in [4.69, 9.17) is 4.74 Å². The maximum absolute atomic E-state index is 13.6. The highest BCUT2D eigenvalue weighted by Gasteiger charge is 2.31. The van der Waals surface area contributed by atoms with Gasteiger partial charge in [-0.05, 0) is 56.5 Å². The number of carbonyl (C=O) groups excluding carboxylic acids is 2. The van der Waals surface area contributed by atoms with E-state index in [-0.39, 0.29) is 18.5 Å². The zero-order chi connectivity index (χ0) is 25.6. The lowest BCUT2D eigenvalue weighted by atomic mass is 10.1. The lowest BCUT2D eigenvalue weighted by Gasteiger charge is -2.32. The number of methoxy groups -OCH3 is 1. The first kappa shape index (κ1) is 26.5. The molecule has 2 aromatic rings. The minimum Gasteiger partial charge on any atom is -0.497 e. The summed E-state index contributed by atoms with van der Waals surface area (Å²) in [4.78, 5) is 28.1. The van der Waals surface area contributed by atoms with Crippen molar-refractivity contribution in [2.24, 2.45) is 0 Å². The predicted molar refractivity (Wildman–Crippen MR) is 137 cm³/mol. The summed E-state index contributed by atoms with van der Waals surface area (Å²) in [7, 11) is -2.24. The van der Waals surface area contributed by atoms with E-state index in [1.807, 2.05) is 31.2 Å². The van der Waals surface area contributed by atoms with E-state index in [0.717, 1.165) is 47.4 Å². The van der Waals surface area contributed by atoms with Crippen molar-refractivity contribution in [2.45, 2.75) is 58.2 Å². The van der Waals surface area contributed by atoms with Gasteiger partial charge in [0.2, 0.25) is 21.8 Å². The number of hydrogen-bond donors (Lipinski definition) is 1. The number of nitrogens with zero attached hydrogens (tertiary/aromatic N) is 2. The summed E-state index contributed by atoms with van der Waals surface area (Å²) < 4.78 is 31.5. The maximum atomic E-state index is 13.6. The number of anilines is 1. The highest BCUT2D eigenvalue weighted by atomic mass is 32.2. The van der Waals surface area contributed by atoms with Crippen LogP contribution in [0.2, 0.25) is 0 Å². The number of hydrogen-bond acceptors (Lipinski definition) is 5. The average molecular weight is 502 g/mol. The quantitative estimate of drug-likeness (QED) is 0.539. The molecule has 0 spiro atoms. The molecule has 0 saturated heterocycles. The van der Waals surface area contributed by atoms with Gasteiger partial charge in [0, 0.05) is 12.6 Å². The zero-order valence-corrected chi connectivity index (χ0v) is 21.7. The Balaban J connectivity index is 1.87. The molecule has 1 saturated carbocycles. The van der Waals surface area contributed by atoms with Crippen molar-refractivity contribution in [1.29, 1.82) is 0 Å². The Bertz CT molecular complexity index is 1130. The monoisotopic (exact) mass is 501 g/mol. The fraction of sp³-hybridized carbons (Fsp3) is 0.462. The van der Waals surface area contributed by atoms with E-state index in [9.17, 15) is 18.0 Å². The van der Waals surface area contributed by atoms with Crippen LogP contribution >= 0.6 is 0 Å². The third-order valence-electron chi connectivity index (χ3n) is 6.34. The number of aryl methyl sites for hydroxylation is 1. The number of sulfonamides is 1. The summed E-state index contributed by atoms with van der Waals surface area (Å²) >= 11 is 0. The van der Waals surface area contributed by atoms with Crippen LogP contribution in [0.3, 0.4) is 0 Å². The second-order valence-corrected chi connectivity index (χ2v) is 11.1. The Morgan fingerprint density at radius 2 is 1.77 bits per heavy atom. The fourth-order valence-electron chi connectivity index (χ4n) is 4.34. The van der Waals surface area contributed by atoms with Crippen LogP contribution in [0.4, 0.5) is 5.69 Å². The molecule has 1 aliphatic carbocycles. The van der Waals surface area contributed by atoms with Crippen molar-refractivity contribution >= 4 is 27.5 Å². The molecule has 0 radical (unpaired) electrons. The number of amides is 2. The molecule has 1 atom stereocenters. The molecule has 8 nitrogen and oxygen atoms in total. The summed E-state index contributed by atoms with van der Waals surface area (Å²) in [5, 5.41) is 3.06. The van der Waals surface area contributed by atoms with E-state index in [2.05, 4.69) is 5.32 Å². The molecule has 9 heteroatoms. The van der Waals surface area contributed by atoms with Gasteiger partial charge in [0.15, 0.2) is 0 Å². The molecule has 190 valence electrons. The molecular weight excluding hydrogens is 466 g/mol. The van der Waals surface area contributed by atoms with Crippen LogP contribution in [0.15, 0.2) is 48.5 Å². The number of nitrogens with one attached hydrogen (secondary N) is 1. The van der Waals surface area contributed by atoms with Crippen molar-refractivity contribution in [3.8, 4) is 5.75 Å². The largest absolute Gasteiger partial charge is 0.497 e. The van der Waals surface area contributed by atoms with Crippen LogP contribution in [-0.4, -0.2) is 57.1 Å². The Morgan fingerprint density at radius 3 is 2.34 bits per heavy atom. The van der Waals surface area contributed by atoms with Gasteiger partial charge in [0.25, 0.3) is 0 Å². The molecule has 0 unspecified atom stereocenters. The zero-order valence-electron chi connectivity index (χ0n) is 20.9. The molecule has 35 heavy (non-hydrogen) atoms. The first-order chi connectivity index (χ1) is 16.6. The van der Waals surface area contributed by atoms with Gasteiger partial charge >= 0.3 is 0 Å². The standard InChI is InChI=1S/C26H35N3O5S/c1-19-8-7-9-21(16-19)17-28(20(2)26(31)27-22-10-5-6-11-22)25(30)18-29(35(4,32)33)23-12-14-24(34-3)15-13-23/h7-9,12-16,20,22H,5-6,10-11,17-18H2,1-4H3,(H,27,31)/t20-/m0/s1. The van der Waals surface area contributed by atoms with Gasteiger partial charge in [-0.3, -0.25) is 13.9 Å². The topological polar surface area (TPSA) is 96.0 Å². The van der Waals surface area contributed by atoms with Crippen molar-refractivity contribution in [1.82, 2.24) is 10.2 Å². The van der Waals surface area contributed by atoms with E-state index in [1.165, 1.54) is 12.0 Å². The number of rotatable bonds is 10. The Kier molecular flexibility index (Phi) is 8.77. The van der Waals surface area contributed by atoms with Crippen molar-refractivity contribution in [3.05, 3.63) is 59.7 Å². The van der Waals surface area contributed by atoms with E-state index in [1.54, 1.807) is 31.2 Å². The second-order valence-electron chi connectivity index (χ2n) is 9.14. The summed E-state index contributed by atoms with van der Waals surface area (Å²) in [5.41, 5.74) is 2.25. The first-order valence-electron chi connectivity index (χ1n) is 11.9. The molecular formula is C26H35N3O5S. The van der Waals surface area contributed by atoms with Crippen LogP contribution in [0.25, 0.3) is 0 Å². The normalized spacial score (nSPS) is 14.9. The number of carbonyl (C=O) groups is 2. The third-order valence-corrected chi connectivity index (χ3v) is 7.48. The third kappa shape index (κ3) is 7.21. The van der Waals surface area contributed by atoms with Gasteiger partial charge in [0.05, 0.1) is 19.1 Å². The van der Waals surface area contributed by atoms with Crippen LogP contribution in [-0.2, 0) is 26.2 Å². The maximum Gasteiger partial charge on any atom is 0.244 e. The first-order valence-corrected chi connectivity index (χ1v) is 13.7. The lowest BCUT2D eigenvalue weighted by Crippen LogP contribution is -2.52. The lowest BCUT2D eigenvalue weighted by molar-refractivity contribution is -0.139. The molecule has 3 rings (SSSR count). The van der Waals surface area contributed by atoms with Gasteiger partial charge in [-0.25, -0.2) is 8.42 Å². The molecule has 0 aliphatic heterocycles. The van der Waals surface area contributed by atoms with Crippen molar-refractivity contribution < 1.29 is 22.7 Å². The Labute approximate surface area is 208 Å². The molecule has 1 fully saturated rings. The van der Waals surface area contributed by atoms with Gasteiger partial charge < -0.3 is 15.0 Å². The van der Waals surface area contributed by atoms with E-state index in [0.29, 0.717) is 11.4 Å². The smallest absolute Gasteiger partial charge is 0.244 e. The predicted octanol–water partition coefficient (Wildman–Crippen LogP) is 3.25. The van der Waals surface area contributed by atoms with Gasteiger partial charge in [-0.2, -0.15) is 0 Å². The summed E-state index contributed by atoms with van der Waals surface area (Å²) in [6.07, 6.45) is 5.09. The molecule has 2 amide bonds. The van der Waals surface area contributed by atoms with Crippen molar-refractivity contribution in [3.63, 3.8) is 0 Å². The van der Waals surface area contributed by atoms with Gasteiger partial charge in [-0.15, -0.1) is 0 Å². The minimum atomic E-state index is -3.77. The molecule has 0 bridgehead atoms. The minimum absolute atomic E-state index is 0.118. The summed E-state index contributed by atoms with van der Waals surface area (Å²) in [6.45, 7) is 3.43. The molecule has 2 aromatic carbocycles. The van der Waals surface area contributed by atoms with Crippen LogP contribution < -0.4 is 14.4 Å².